The van der Waals surface area contributed by atoms with Gasteiger partial charge in [0.25, 0.3) is 0 Å². The van der Waals surface area contributed by atoms with Crippen LogP contribution in [-0.4, -0.2) is 45.1 Å². The fourth-order valence-electron chi connectivity index (χ4n) is 4.59. The number of H-pyrrole nitrogens is 5. The first-order valence-corrected chi connectivity index (χ1v) is 17.3. The van der Waals surface area contributed by atoms with E-state index in [4.69, 9.17) is 36.7 Å². The number of benzene rings is 3. The van der Waals surface area contributed by atoms with Gasteiger partial charge in [-0.05, 0) is 72.1 Å². The highest BCUT2D eigenvalue weighted by Crippen LogP contribution is 2.26. The molecule has 3 heterocycles. The number of aromatic nitrogens is 9. The van der Waals surface area contributed by atoms with Crippen molar-refractivity contribution in [3.63, 3.8) is 0 Å². The quantitative estimate of drug-likeness (QED) is 0.0818. The molecule has 0 fully saturated rings. The highest BCUT2D eigenvalue weighted by molar-refractivity contribution is 9.10. The van der Waals surface area contributed by atoms with E-state index in [-0.39, 0.29) is 5.41 Å². The van der Waals surface area contributed by atoms with Crippen LogP contribution in [0.5, 0.6) is 0 Å². The minimum atomic E-state index is 0.176. The van der Waals surface area contributed by atoms with Crippen molar-refractivity contribution in [1.29, 1.82) is 0 Å². The van der Waals surface area contributed by atoms with Crippen LogP contribution in [0.15, 0.2) is 77.3 Å². The molecule has 0 unspecified atom stereocenters. The van der Waals surface area contributed by atoms with Crippen LogP contribution in [0.3, 0.4) is 0 Å². The zero-order valence-corrected chi connectivity index (χ0v) is 31.2. The molecule has 0 aliphatic carbocycles. The molecule has 6 aromatic rings. The standard InChI is InChI=1S/2C13H17N3S.C8H6BrN3S/c1-13(2,3)10-7-5-9(6-8-10)11-14-15-12(17)16(11)4;1-2-3-4-5-10-6-8-11(9-7-10)12-14-13(17)16-15-12;9-6-4-2-1-3-5(6)7-10-8(13)12-11-7/h5-8H,1-4H3,(H,15,17);6-9H,2-5H2,1H3,(H2,14,15,16,17);1-4H,(H2,10,11,12,13). The van der Waals surface area contributed by atoms with Crippen LogP contribution in [0.2, 0.25) is 0 Å². The smallest absolute Gasteiger partial charge is 0.213 e. The first kappa shape index (κ1) is 36.1. The predicted molar refractivity (Wildman–Crippen MR) is 202 cm³/mol. The topological polar surface area (TPSA) is 123 Å². The minimum Gasteiger partial charge on any atom is -0.303 e. The number of nitrogens with one attached hydrogen (secondary N) is 5. The van der Waals surface area contributed by atoms with Gasteiger partial charge in [0.1, 0.15) is 0 Å². The second kappa shape index (κ2) is 16.9. The van der Waals surface area contributed by atoms with E-state index in [0.717, 1.165) is 45.1 Å². The number of aryl methyl sites for hydroxylation is 1. The third kappa shape index (κ3) is 10.4. The largest absolute Gasteiger partial charge is 0.303 e. The summed E-state index contributed by atoms with van der Waals surface area (Å²) in [4.78, 5) is 8.31. The molecule has 0 amide bonds. The number of hydrogen-bond acceptors (Lipinski definition) is 6. The third-order valence-electron chi connectivity index (χ3n) is 7.32. The lowest BCUT2D eigenvalue weighted by Gasteiger charge is -2.18. The summed E-state index contributed by atoms with van der Waals surface area (Å²) in [5.41, 5.74) is 6.02. The van der Waals surface area contributed by atoms with Crippen LogP contribution < -0.4 is 0 Å². The first-order valence-electron chi connectivity index (χ1n) is 15.3. The zero-order valence-electron chi connectivity index (χ0n) is 27.1. The molecule has 0 bridgehead atoms. The van der Waals surface area contributed by atoms with Gasteiger partial charge < -0.3 is 4.57 Å². The second-order valence-corrected chi connectivity index (χ2v) is 13.9. The fraction of sp³-hybridized carbons (Fsp3) is 0.294. The summed E-state index contributed by atoms with van der Waals surface area (Å²) in [5, 5.41) is 18.4. The van der Waals surface area contributed by atoms with Gasteiger partial charge in [-0.2, -0.15) is 15.1 Å². The number of aromatic amines is 5. The van der Waals surface area contributed by atoms with Gasteiger partial charge in [-0.15, -0.1) is 0 Å². The normalized spacial score (nSPS) is 10.9. The zero-order chi connectivity index (χ0) is 34.0. The summed E-state index contributed by atoms with van der Waals surface area (Å²) in [6.45, 7) is 8.84. The molecule has 0 spiro atoms. The van der Waals surface area contributed by atoms with E-state index in [0.29, 0.717) is 14.3 Å². The summed E-state index contributed by atoms with van der Waals surface area (Å²) < 4.78 is 4.46. The molecule has 9 nitrogen and oxygen atoms in total. The molecule has 0 aliphatic heterocycles. The molecule has 0 saturated carbocycles. The van der Waals surface area contributed by atoms with Crippen molar-refractivity contribution in [3.05, 3.63) is 103 Å². The Morgan fingerprint density at radius 3 is 1.85 bits per heavy atom. The van der Waals surface area contributed by atoms with E-state index in [1.165, 1.54) is 30.4 Å². The Bertz CT molecular complexity index is 2020. The van der Waals surface area contributed by atoms with Gasteiger partial charge in [0.15, 0.2) is 22.2 Å². The van der Waals surface area contributed by atoms with E-state index in [9.17, 15) is 0 Å². The average molecular weight is 751 g/mol. The fourth-order valence-corrected chi connectivity index (χ4v) is 5.48. The number of hydrogen-bond donors (Lipinski definition) is 5. The van der Waals surface area contributed by atoms with Crippen molar-refractivity contribution in [2.24, 2.45) is 7.05 Å². The van der Waals surface area contributed by atoms with Crippen molar-refractivity contribution in [2.75, 3.05) is 0 Å². The summed E-state index contributed by atoms with van der Waals surface area (Å²) in [6, 6.07) is 24.8. The van der Waals surface area contributed by atoms with Crippen LogP contribution in [-0.2, 0) is 18.9 Å². The Hall–Kier alpha value is -3.78. The lowest BCUT2D eigenvalue weighted by molar-refractivity contribution is 0.590. The maximum absolute atomic E-state index is 5.10. The highest BCUT2D eigenvalue weighted by Gasteiger charge is 2.14. The monoisotopic (exact) mass is 749 g/mol. The molecule has 0 atom stereocenters. The van der Waals surface area contributed by atoms with E-state index in [2.05, 4.69) is 133 Å². The maximum atomic E-state index is 5.10. The van der Waals surface area contributed by atoms with E-state index < -0.39 is 0 Å². The Morgan fingerprint density at radius 2 is 1.34 bits per heavy atom. The van der Waals surface area contributed by atoms with E-state index >= 15 is 0 Å². The molecule has 3 aromatic carbocycles. The van der Waals surface area contributed by atoms with Gasteiger partial charge in [0, 0.05) is 28.2 Å². The summed E-state index contributed by atoms with van der Waals surface area (Å²) in [7, 11) is 1.92. The molecule has 0 radical (unpaired) electrons. The Kier molecular flexibility index (Phi) is 12.9. The predicted octanol–water partition coefficient (Wildman–Crippen LogP) is 10.2. The van der Waals surface area contributed by atoms with Gasteiger partial charge in [-0.1, -0.05) is 123 Å². The number of halogens is 1. The van der Waals surface area contributed by atoms with Crippen molar-refractivity contribution in [3.8, 4) is 34.2 Å². The van der Waals surface area contributed by atoms with Gasteiger partial charge in [-0.25, -0.2) is 0 Å². The SMILES string of the molecule is CCCCCc1ccc(-c2nc(=S)[nH][nH]2)cc1.Cn1c(-c2ccc(C(C)(C)C)cc2)n[nH]c1=S.S=c1nc(-c2ccccc2Br)[nH][nH]1. The Labute approximate surface area is 298 Å². The van der Waals surface area contributed by atoms with Crippen molar-refractivity contribution in [1.82, 2.24) is 45.1 Å². The lowest BCUT2D eigenvalue weighted by Crippen LogP contribution is -2.10. The molecule has 246 valence electrons. The Balaban J connectivity index is 0.000000161. The van der Waals surface area contributed by atoms with Crippen LogP contribution >= 0.6 is 52.6 Å². The molecule has 6 rings (SSSR count). The molecule has 0 saturated heterocycles. The molecular formula is C34H40BrN9S3. The van der Waals surface area contributed by atoms with Crippen molar-refractivity contribution in [2.45, 2.75) is 58.8 Å². The van der Waals surface area contributed by atoms with Crippen molar-refractivity contribution < 1.29 is 0 Å². The van der Waals surface area contributed by atoms with Gasteiger partial charge in [-0.3, -0.25) is 25.5 Å². The number of rotatable bonds is 7. The summed E-state index contributed by atoms with van der Waals surface area (Å²) in [6.07, 6.45) is 4.99. The third-order valence-corrected chi connectivity index (χ3v) is 8.76. The molecule has 5 N–H and O–H groups in total. The van der Waals surface area contributed by atoms with Crippen molar-refractivity contribution >= 4 is 52.6 Å². The van der Waals surface area contributed by atoms with Crippen LogP contribution in [0.1, 0.15) is 58.1 Å². The average Bonchev–Trinajstić information content (AvgIpc) is 3.78. The number of nitrogens with zero attached hydrogens (tertiary/aromatic N) is 4. The molecule has 47 heavy (non-hydrogen) atoms. The summed E-state index contributed by atoms with van der Waals surface area (Å²) >= 11 is 18.3. The Morgan fingerprint density at radius 1 is 0.745 bits per heavy atom. The van der Waals surface area contributed by atoms with Crippen LogP contribution in [0, 0.1) is 14.3 Å². The van der Waals surface area contributed by atoms with Crippen LogP contribution in [0.4, 0.5) is 0 Å². The molecule has 0 aliphatic rings. The number of unbranched alkanes of at least 4 members (excludes halogenated alkanes) is 2. The first-order chi connectivity index (χ1) is 22.5. The van der Waals surface area contributed by atoms with Gasteiger partial charge >= 0.3 is 0 Å². The van der Waals surface area contributed by atoms with Crippen LogP contribution in [0.25, 0.3) is 34.2 Å². The second-order valence-electron chi connectivity index (χ2n) is 11.9. The highest BCUT2D eigenvalue weighted by atomic mass is 79.9. The molecular weight excluding hydrogens is 711 g/mol. The molecule has 3 aromatic heterocycles. The molecule has 13 heteroatoms. The van der Waals surface area contributed by atoms with Gasteiger partial charge in [0.05, 0.1) is 0 Å². The maximum Gasteiger partial charge on any atom is 0.213 e. The van der Waals surface area contributed by atoms with Gasteiger partial charge in [0.2, 0.25) is 9.54 Å². The van der Waals surface area contributed by atoms with E-state index in [1.54, 1.807) is 0 Å². The summed E-state index contributed by atoms with van der Waals surface area (Å²) in [5.74, 6) is 2.42. The lowest BCUT2D eigenvalue weighted by atomic mass is 9.87. The van der Waals surface area contributed by atoms with E-state index in [1.807, 2.05) is 35.9 Å². The minimum absolute atomic E-state index is 0.176.